The molecule has 0 aliphatic heterocycles. The molecule has 1 aromatic heterocycles. The molecule has 0 radical (unpaired) electrons. The molecular weight excluding hydrogens is 260 g/mol. The Kier molecular flexibility index (Phi) is 6.25. The van der Waals surface area contributed by atoms with Crippen molar-refractivity contribution in [3.8, 4) is 0 Å². The van der Waals surface area contributed by atoms with Crippen LogP contribution in [0.15, 0.2) is 6.33 Å². The normalized spacial score (nSPS) is 11.8. The summed E-state index contributed by atoms with van der Waals surface area (Å²) in [5.41, 5.74) is 2.76. The fourth-order valence-corrected chi connectivity index (χ4v) is 1.72. The second-order valence-corrected chi connectivity index (χ2v) is 5.42. The van der Waals surface area contributed by atoms with Gasteiger partial charge < -0.3 is 0 Å². The van der Waals surface area contributed by atoms with Crippen molar-refractivity contribution in [1.29, 1.82) is 0 Å². The SMILES string of the molecule is Cc1c(C)[n+](C(C)C)cn1C(C)C.[O-][Cl+3]([O-])([O-])[O-]. The number of nitrogens with zero attached hydrogens (tertiary/aromatic N) is 2. The van der Waals surface area contributed by atoms with Gasteiger partial charge >= 0.3 is 0 Å². The molecule has 18 heavy (non-hydrogen) atoms. The maximum atomic E-state index is 8.49. The van der Waals surface area contributed by atoms with Gasteiger partial charge in [-0.15, -0.1) is 10.2 Å². The lowest BCUT2D eigenvalue weighted by Crippen LogP contribution is -2.68. The van der Waals surface area contributed by atoms with Crippen LogP contribution in [0.1, 0.15) is 51.2 Å². The van der Waals surface area contributed by atoms with Crippen LogP contribution in [0.4, 0.5) is 0 Å². The Morgan fingerprint density at radius 3 is 1.61 bits per heavy atom. The van der Waals surface area contributed by atoms with Crippen molar-refractivity contribution in [2.24, 2.45) is 0 Å². The third-order valence-electron chi connectivity index (χ3n) is 2.66. The number of hydrogen-bond donors (Lipinski definition) is 0. The summed E-state index contributed by atoms with van der Waals surface area (Å²) in [6.07, 6.45) is 2.22. The van der Waals surface area contributed by atoms with E-state index in [0.717, 1.165) is 0 Å². The standard InChI is InChI=1S/C11H21N2.ClHO4/c1-8(2)12-7-13(9(3)4)11(6)10(12)5;2-1(3,4)5/h7-9H,1-6H3;(H,2,3,4,5)/q+1;/p-1. The molecule has 7 heteroatoms. The summed E-state index contributed by atoms with van der Waals surface area (Å²) in [5.74, 6) is 0. The first-order valence-corrected chi connectivity index (χ1v) is 6.89. The summed E-state index contributed by atoms with van der Waals surface area (Å²) >= 11 is 0. The highest BCUT2D eigenvalue weighted by atomic mass is 35.7. The molecule has 0 aliphatic rings. The van der Waals surface area contributed by atoms with E-state index in [4.69, 9.17) is 18.6 Å². The Balaban J connectivity index is 0.000000494. The molecule has 0 saturated carbocycles. The molecule has 0 fully saturated rings. The average molecular weight is 281 g/mol. The smallest absolute Gasteiger partial charge is 0.232 e. The summed E-state index contributed by atoms with van der Waals surface area (Å²) in [6.45, 7) is 13.3. The molecule has 6 nitrogen and oxygen atoms in total. The summed E-state index contributed by atoms with van der Waals surface area (Å²) < 4.78 is 38.6. The second kappa shape index (κ2) is 6.49. The first-order valence-electron chi connectivity index (χ1n) is 5.66. The lowest BCUT2D eigenvalue weighted by molar-refractivity contribution is -2.00. The molecule has 0 bridgehead atoms. The molecule has 0 N–H and O–H groups in total. The number of hydrogen-bond acceptors (Lipinski definition) is 4. The molecule has 1 aromatic rings. The van der Waals surface area contributed by atoms with Crippen LogP contribution in [0, 0.1) is 24.1 Å². The first-order chi connectivity index (χ1) is 7.95. The van der Waals surface area contributed by atoms with Crippen molar-refractivity contribution in [2.45, 2.75) is 53.6 Å². The minimum Gasteiger partial charge on any atom is -0.232 e. The quantitative estimate of drug-likeness (QED) is 0.574. The van der Waals surface area contributed by atoms with E-state index in [0.29, 0.717) is 12.1 Å². The van der Waals surface area contributed by atoms with E-state index in [2.05, 4.69) is 57.0 Å². The largest absolute Gasteiger partial charge is 0.244 e. The van der Waals surface area contributed by atoms with Gasteiger partial charge in [0.05, 0.1) is 12.1 Å². The van der Waals surface area contributed by atoms with E-state index < -0.39 is 10.2 Å². The van der Waals surface area contributed by atoms with Crippen LogP contribution in [0.25, 0.3) is 0 Å². The molecule has 106 valence electrons. The van der Waals surface area contributed by atoms with Crippen molar-refractivity contribution < 1.29 is 33.4 Å². The Bertz CT molecular complexity index is 349. The van der Waals surface area contributed by atoms with E-state index in [1.807, 2.05) is 0 Å². The summed E-state index contributed by atoms with van der Waals surface area (Å²) in [5, 5.41) is 0. The maximum Gasteiger partial charge on any atom is 0.244 e. The Hall–Kier alpha value is -0.660. The second-order valence-electron chi connectivity index (χ2n) is 4.67. The van der Waals surface area contributed by atoms with Crippen LogP contribution < -0.4 is 23.2 Å². The van der Waals surface area contributed by atoms with Gasteiger partial charge in [-0.1, -0.05) is 0 Å². The van der Waals surface area contributed by atoms with E-state index in [9.17, 15) is 0 Å². The van der Waals surface area contributed by atoms with E-state index in [-0.39, 0.29) is 0 Å². The molecule has 0 unspecified atom stereocenters. The molecule has 1 heterocycles. The van der Waals surface area contributed by atoms with Gasteiger partial charge in [0.15, 0.2) is 0 Å². The summed E-state index contributed by atoms with van der Waals surface area (Å²) in [6, 6.07) is 1.11. The molecule has 0 aliphatic carbocycles. The van der Waals surface area contributed by atoms with E-state index >= 15 is 0 Å². The van der Waals surface area contributed by atoms with Crippen LogP contribution in [0.5, 0.6) is 0 Å². The van der Waals surface area contributed by atoms with E-state index in [1.54, 1.807) is 0 Å². The number of aromatic nitrogens is 2. The van der Waals surface area contributed by atoms with Crippen molar-refractivity contribution >= 4 is 0 Å². The molecule has 0 aromatic carbocycles. The van der Waals surface area contributed by atoms with Crippen LogP contribution in [0.2, 0.25) is 0 Å². The molecule has 0 atom stereocenters. The van der Waals surface area contributed by atoms with Crippen LogP contribution in [-0.2, 0) is 0 Å². The van der Waals surface area contributed by atoms with Gasteiger partial charge in [-0.25, -0.2) is 27.8 Å². The summed E-state index contributed by atoms with van der Waals surface area (Å²) in [4.78, 5) is 0. The minimum atomic E-state index is -4.94. The predicted octanol–water partition coefficient (Wildman–Crippen LogP) is -2.20. The third kappa shape index (κ3) is 5.79. The van der Waals surface area contributed by atoms with Gasteiger partial charge in [-0.05, 0) is 27.7 Å². The fourth-order valence-electron chi connectivity index (χ4n) is 1.72. The monoisotopic (exact) mass is 280 g/mol. The zero-order chi connectivity index (χ0) is 14.7. The number of imidazole rings is 1. The van der Waals surface area contributed by atoms with Crippen LogP contribution >= 0.6 is 0 Å². The topological polar surface area (TPSA) is 101 Å². The van der Waals surface area contributed by atoms with Gasteiger partial charge in [0.1, 0.15) is 11.4 Å². The molecule has 0 amide bonds. The van der Waals surface area contributed by atoms with Gasteiger partial charge in [-0.3, -0.25) is 0 Å². The van der Waals surface area contributed by atoms with Gasteiger partial charge in [0.2, 0.25) is 6.33 Å². The highest BCUT2D eigenvalue weighted by Gasteiger charge is 2.19. The highest BCUT2D eigenvalue weighted by molar-refractivity contribution is 5.03. The predicted molar refractivity (Wildman–Crippen MR) is 54.9 cm³/mol. The van der Waals surface area contributed by atoms with Gasteiger partial charge in [-0.2, -0.15) is 0 Å². The Morgan fingerprint density at radius 2 is 1.44 bits per heavy atom. The van der Waals surface area contributed by atoms with Crippen LogP contribution in [-0.4, -0.2) is 4.57 Å². The first kappa shape index (κ1) is 17.3. The number of halogens is 1. The third-order valence-corrected chi connectivity index (χ3v) is 2.66. The Labute approximate surface area is 110 Å². The minimum absolute atomic E-state index is 0.554. The maximum absolute atomic E-state index is 8.49. The zero-order valence-corrected chi connectivity index (χ0v) is 12.4. The van der Waals surface area contributed by atoms with Crippen molar-refractivity contribution in [1.82, 2.24) is 4.57 Å². The lowest BCUT2D eigenvalue weighted by Gasteiger charge is -2.17. The molecular formula is C11H21ClN2O4. The highest BCUT2D eigenvalue weighted by Crippen LogP contribution is 2.12. The Morgan fingerprint density at radius 1 is 1.06 bits per heavy atom. The van der Waals surface area contributed by atoms with E-state index in [1.165, 1.54) is 11.4 Å². The molecule has 0 saturated heterocycles. The average Bonchev–Trinajstić information content (AvgIpc) is 2.41. The lowest BCUT2D eigenvalue weighted by atomic mass is 10.3. The molecule has 1 rings (SSSR count). The summed E-state index contributed by atoms with van der Waals surface area (Å²) in [7, 11) is -4.94. The van der Waals surface area contributed by atoms with Gasteiger partial charge in [0, 0.05) is 13.8 Å². The van der Waals surface area contributed by atoms with Crippen molar-refractivity contribution in [3.63, 3.8) is 0 Å². The van der Waals surface area contributed by atoms with Crippen LogP contribution in [0.3, 0.4) is 0 Å². The molecule has 0 spiro atoms. The zero-order valence-electron chi connectivity index (χ0n) is 11.6. The number of rotatable bonds is 2. The van der Waals surface area contributed by atoms with Crippen molar-refractivity contribution in [2.75, 3.05) is 0 Å². The fraction of sp³-hybridized carbons (Fsp3) is 0.727. The van der Waals surface area contributed by atoms with Gasteiger partial charge in [0.25, 0.3) is 0 Å². The van der Waals surface area contributed by atoms with Crippen molar-refractivity contribution in [3.05, 3.63) is 17.7 Å².